The highest BCUT2D eigenvalue weighted by Gasteiger charge is 2.21. The van der Waals surface area contributed by atoms with Crippen LogP contribution >= 0.6 is 0 Å². The Hall–Kier alpha value is -0.570. The maximum absolute atomic E-state index is 10.7. The number of carbonyl (C=O) groups is 1. The minimum atomic E-state index is -0.957. The molecule has 3 heteroatoms. The molecule has 0 saturated carbocycles. The van der Waals surface area contributed by atoms with Crippen molar-refractivity contribution in [1.29, 1.82) is 0 Å². The predicted molar refractivity (Wildman–Crippen MR) is 53.1 cm³/mol. The first-order valence-electron chi connectivity index (χ1n) is 5.10. The van der Waals surface area contributed by atoms with Gasteiger partial charge in [0.15, 0.2) is 0 Å². The van der Waals surface area contributed by atoms with E-state index in [4.69, 9.17) is 5.73 Å². The second kappa shape index (κ2) is 6.89. The van der Waals surface area contributed by atoms with Crippen LogP contribution in [0.15, 0.2) is 0 Å². The zero-order valence-corrected chi connectivity index (χ0v) is 8.62. The van der Waals surface area contributed by atoms with Crippen LogP contribution in [-0.4, -0.2) is 17.1 Å². The van der Waals surface area contributed by atoms with E-state index in [1.54, 1.807) is 0 Å². The van der Waals surface area contributed by atoms with Crippen LogP contribution in [0.3, 0.4) is 0 Å². The molecule has 0 aromatic heterocycles. The SMILES string of the molecule is CCCCCC(CC)C(O)C(N)=O. The summed E-state index contributed by atoms with van der Waals surface area (Å²) < 4.78 is 0. The van der Waals surface area contributed by atoms with Crippen molar-refractivity contribution >= 4 is 5.91 Å². The van der Waals surface area contributed by atoms with E-state index in [0.717, 1.165) is 32.1 Å². The molecule has 0 saturated heterocycles. The van der Waals surface area contributed by atoms with E-state index in [9.17, 15) is 9.90 Å². The van der Waals surface area contributed by atoms with E-state index < -0.39 is 12.0 Å². The van der Waals surface area contributed by atoms with Crippen molar-refractivity contribution in [3.63, 3.8) is 0 Å². The average Bonchev–Trinajstić information content (AvgIpc) is 2.11. The Balaban J connectivity index is 3.80. The highest BCUT2D eigenvalue weighted by atomic mass is 16.3. The first kappa shape index (κ1) is 12.4. The highest BCUT2D eigenvalue weighted by molar-refractivity contribution is 5.78. The van der Waals surface area contributed by atoms with Gasteiger partial charge in [-0.1, -0.05) is 39.5 Å². The number of aliphatic hydroxyl groups excluding tert-OH is 1. The largest absolute Gasteiger partial charge is 0.383 e. The summed E-state index contributed by atoms with van der Waals surface area (Å²) in [5.41, 5.74) is 5.03. The van der Waals surface area contributed by atoms with Crippen molar-refractivity contribution < 1.29 is 9.90 Å². The molecule has 0 radical (unpaired) electrons. The summed E-state index contributed by atoms with van der Waals surface area (Å²) in [7, 11) is 0. The zero-order chi connectivity index (χ0) is 10.3. The number of nitrogens with two attached hydrogens (primary N) is 1. The zero-order valence-electron chi connectivity index (χ0n) is 8.62. The quantitative estimate of drug-likeness (QED) is 0.592. The maximum atomic E-state index is 10.7. The van der Waals surface area contributed by atoms with Gasteiger partial charge in [-0.3, -0.25) is 4.79 Å². The molecule has 0 rings (SSSR count). The van der Waals surface area contributed by atoms with Gasteiger partial charge in [0.1, 0.15) is 6.10 Å². The first-order chi connectivity index (χ1) is 6.13. The smallest absolute Gasteiger partial charge is 0.246 e. The van der Waals surface area contributed by atoms with Crippen molar-refractivity contribution in [3.8, 4) is 0 Å². The number of rotatable bonds is 7. The van der Waals surface area contributed by atoms with Gasteiger partial charge < -0.3 is 10.8 Å². The minimum Gasteiger partial charge on any atom is -0.383 e. The molecule has 0 aliphatic rings. The summed E-state index contributed by atoms with van der Waals surface area (Å²) in [6.07, 6.45) is 4.13. The van der Waals surface area contributed by atoms with Gasteiger partial charge in [0, 0.05) is 0 Å². The molecule has 2 atom stereocenters. The van der Waals surface area contributed by atoms with Gasteiger partial charge in [-0.25, -0.2) is 0 Å². The molecule has 2 unspecified atom stereocenters. The third-order valence-corrected chi connectivity index (χ3v) is 2.44. The van der Waals surface area contributed by atoms with Crippen LogP contribution in [0, 0.1) is 5.92 Å². The molecular formula is C10H21NO2. The standard InChI is InChI=1S/C10H21NO2/c1-3-5-6-7-8(4-2)9(12)10(11)13/h8-9,12H,3-7H2,1-2H3,(H2,11,13). The molecule has 3 N–H and O–H groups in total. The monoisotopic (exact) mass is 187 g/mol. The van der Waals surface area contributed by atoms with E-state index >= 15 is 0 Å². The molecule has 0 heterocycles. The number of carbonyl (C=O) groups excluding carboxylic acids is 1. The molecule has 0 spiro atoms. The van der Waals surface area contributed by atoms with Crippen LogP contribution in [-0.2, 0) is 4.79 Å². The highest BCUT2D eigenvalue weighted by Crippen LogP contribution is 2.17. The summed E-state index contributed by atoms with van der Waals surface area (Å²) in [6, 6.07) is 0. The van der Waals surface area contributed by atoms with Crippen LogP contribution in [0.25, 0.3) is 0 Å². The first-order valence-corrected chi connectivity index (χ1v) is 5.10. The van der Waals surface area contributed by atoms with Gasteiger partial charge in [0.25, 0.3) is 0 Å². The Labute approximate surface area is 80.3 Å². The number of hydrogen-bond donors (Lipinski definition) is 2. The normalized spacial score (nSPS) is 15.3. The van der Waals surface area contributed by atoms with Gasteiger partial charge >= 0.3 is 0 Å². The molecule has 0 aromatic rings. The number of amides is 1. The second-order valence-electron chi connectivity index (χ2n) is 3.51. The van der Waals surface area contributed by atoms with Gasteiger partial charge in [-0.2, -0.15) is 0 Å². The summed E-state index contributed by atoms with van der Waals surface area (Å²) >= 11 is 0. The second-order valence-corrected chi connectivity index (χ2v) is 3.51. The lowest BCUT2D eigenvalue weighted by atomic mass is 9.92. The maximum Gasteiger partial charge on any atom is 0.246 e. The Morgan fingerprint density at radius 1 is 1.38 bits per heavy atom. The molecule has 13 heavy (non-hydrogen) atoms. The Morgan fingerprint density at radius 3 is 2.38 bits per heavy atom. The molecular weight excluding hydrogens is 166 g/mol. The van der Waals surface area contributed by atoms with Crippen LogP contribution < -0.4 is 5.73 Å². The molecule has 3 nitrogen and oxygen atoms in total. The Bertz CT molecular complexity index is 148. The fraction of sp³-hybridized carbons (Fsp3) is 0.900. The molecule has 0 fully saturated rings. The molecule has 1 amide bonds. The van der Waals surface area contributed by atoms with Gasteiger partial charge in [-0.15, -0.1) is 0 Å². The number of primary amides is 1. The fourth-order valence-corrected chi connectivity index (χ4v) is 1.47. The lowest BCUT2D eigenvalue weighted by molar-refractivity contribution is -0.128. The topological polar surface area (TPSA) is 63.3 Å². The summed E-state index contributed by atoms with van der Waals surface area (Å²) in [5.74, 6) is -0.549. The summed E-state index contributed by atoms with van der Waals surface area (Å²) in [6.45, 7) is 4.11. The van der Waals surface area contributed by atoms with Crippen molar-refractivity contribution in [2.24, 2.45) is 11.7 Å². The number of hydrogen-bond acceptors (Lipinski definition) is 2. The van der Waals surface area contributed by atoms with Crippen molar-refractivity contribution in [3.05, 3.63) is 0 Å². The van der Waals surface area contributed by atoms with Crippen molar-refractivity contribution in [2.45, 2.75) is 52.1 Å². The van der Waals surface area contributed by atoms with Crippen LogP contribution in [0.5, 0.6) is 0 Å². The van der Waals surface area contributed by atoms with Gasteiger partial charge in [0.2, 0.25) is 5.91 Å². The fourth-order valence-electron chi connectivity index (χ4n) is 1.47. The van der Waals surface area contributed by atoms with E-state index in [1.165, 1.54) is 0 Å². The van der Waals surface area contributed by atoms with Crippen molar-refractivity contribution in [1.82, 2.24) is 0 Å². The number of unbranched alkanes of at least 4 members (excludes halogenated alkanes) is 2. The van der Waals surface area contributed by atoms with E-state index in [0.29, 0.717) is 0 Å². The predicted octanol–water partition coefficient (Wildman–Crippen LogP) is 1.44. The van der Waals surface area contributed by atoms with Crippen LogP contribution in [0.1, 0.15) is 46.0 Å². The minimum absolute atomic E-state index is 0.0454. The Morgan fingerprint density at radius 2 is 2.00 bits per heavy atom. The molecule has 0 bridgehead atoms. The molecule has 78 valence electrons. The summed E-state index contributed by atoms with van der Waals surface area (Å²) in [5, 5.41) is 9.41. The van der Waals surface area contributed by atoms with Gasteiger partial charge in [0.05, 0.1) is 0 Å². The molecule has 0 aliphatic carbocycles. The van der Waals surface area contributed by atoms with Gasteiger partial charge in [-0.05, 0) is 12.3 Å². The molecule has 0 aromatic carbocycles. The summed E-state index contributed by atoms with van der Waals surface area (Å²) in [4.78, 5) is 10.7. The van der Waals surface area contributed by atoms with Crippen LogP contribution in [0.4, 0.5) is 0 Å². The average molecular weight is 187 g/mol. The van der Waals surface area contributed by atoms with E-state index in [2.05, 4.69) is 6.92 Å². The lowest BCUT2D eigenvalue weighted by Gasteiger charge is -2.18. The van der Waals surface area contributed by atoms with E-state index in [1.807, 2.05) is 6.92 Å². The third-order valence-electron chi connectivity index (χ3n) is 2.44. The lowest BCUT2D eigenvalue weighted by Crippen LogP contribution is -2.34. The third kappa shape index (κ3) is 4.88. The van der Waals surface area contributed by atoms with Crippen LogP contribution in [0.2, 0.25) is 0 Å². The number of aliphatic hydroxyl groups is 1. The van der Waals surface area contributed by atoms with E-state index in [-0.39, 0.29) is 5.92 Å². The van der Waals surface area contributed by atoms with Crippen molar-refractivity contribution in [2.75, 3.05) is 0 Å². The Kier molecular flexibility index (Phi) is 6.59. The molecule has 0 aliphatic heterocycles.